The Hall–Kier alpha value is -1.74. The van der Waals surface area contributed by atoms with Gasteiger partial charge in [0.15, 0.2) is 0 Å². The Bertz CT molecular complexity index is 865. The first-order chi connectivity index (χ1) is 12.9. The van der Waals surface area contributed by atoms with E-state index in [1.54, 1.807) is 0 Å². The zero-order valence-corrected chi connectivity index (χ0v) is 16.3. The molecule has 12 heteroatoms. The van der Waals surface area contributed by atoms with Crippen LogP contribution < -0.4 is 10.6 Å². The van der Waals surface area contributed by atoms with Crippen molar-refractivity contribution in [3.8, 4) is 0 Å². The lowest BCUT2D eigenvalue weighted by atomic mass is 10.1. The van der Waals surface area contributed by atoms with Gasteiger partial charge in [0.1, 0.15) is 0 Å². The van der Waals surface area contributed by atoms with Crippen molar-refractivity contribution in [2.75, 3.05) is 10.6 Å². The van der Waals surface area contributed by atoms with Crippen molar-refractivity contribution in [2.24, 2.45) is 0 Å². The summed E-state index contributed by atoms with van der Waals surface area (Å²) >= 11 is 22.7. The van der Waals surface area contributed by atoms with Gasteiger partial charge in [0.05, 0.1) is 21.4 Å². The number of benzene rings is 2. The van der Waals surface area contributed by atoms with Gasteiger partial charge < -0.3 is 10.6 Å². The van der Waals surface area contributed by atoms with Crippen LogP contribution in [-0.4, -0.2) is 23.7 Å². The van der Waals surface area contributed by atoms with Crippen molar-refractivity contribution in [2.45, 2.75) is 11.8 Å². The Morgan fingerprint density at radius 3 is 1.32 bits per heavy atom. The summed E-state index contributed by atoms with van der Waals surface area (Å²) in [6.45, 7) is 0. The Balaban J connectivity index is 2.25. The molecule has 0 aromatic heterocycles. The standard InChI is InChI=1S/C16H8Cl4F4N2O2/c17-7-1-3-9(19)11(5-7)25-13(27)15(21,22)16(23,24)14(28)26-12-6-8(18)2-4-10(12)20/h1-6H,(H,25,27)(H,26,28). The first kappa shape index (κ1) is 22.5. The second-order valence-electron chi connectivity index (χ2n) is 5.31. The van der Waals surface area contributed by atoms with Crippen LogP contribution in [0.2, 0.25) is 20.1 Å². The Morgan fingerprint density at radius 1 is 0.679 bits per heavy atom. The summed E-state index contributed by atoms with van der Waals surface area (Å²) in [5.41, 5.74) is -0.874. The van der Waals surface area contributed by atoms with Crippen LogP contribution in [0.25, 0.3) is 0 Å². The van der Waals surface area contributed by atoms with Crippen LogP contribution >= 0.6 is 46.4 Å². The van der Waals surface area contributed by atoms with Gasteiger partial charge in [-0.2, -0.15) is 17.6 Å². The van der Waals surface area contributed by atoms with E-state index in [1.165, 1.54) is 22.8 Å². The fourth-order valence-electron chi connectivity index (χ4n) is 1.87. The van der Waals surface area contributed by atoms with E-state index in [9.17, 15) is 27.2 Å². The van der Waals surface area contributed by atoms with Gasteiger partial charge in [-0.25, -0.2) is 0 Å². The molecule has 28 heavy (non-hydrogen) atoms. The molecule has 0 aliphatic carbocycles. The van der Waals surface area contributed by atoms with Crippen LogP contribution in [0.3, 0.4) is 0 Å². The molecule has 0 saturated heterocycles. The van der Waals surface area contributed by atoms with Crippen molar-refractivity contribution in [1.82, 2.24) is 0 Å². The lowest BCUT2D eigenvalue weighted by Gasteiger charge is -2.25. The van der Waals surface area contributed by atoms with Gasteiger partial charge in [0.25, 0.3) is 0 Å². The molecule has 0 radical (unpaired) electrons. The third kappa shape index (κ3) is 4.63. The summed E-state index contributed by atoms with van der Waals surface area (Å²) in [5, 5.41) is 2.59. The summed E-state index contributed by atoms with van der Waals surface area (Å²) in [7, 11) is 0. The molecule has 0 aliphatic rings. The fourth-order valence-corrected chi connectivity index (χ4v) is 2.55. The summed E-state index contributed by atoms with van der Waals surface area (Å²) in [6.07, 6.45) is 0. The number of rotatable bonds is 5. The molecule has 0 aliphatic heterocycles. The molecule has 0 saturated carbocycles. The van der Waals surface area contributed by atoms with E-state index in [-0.39, 0.29) is 20.1 Å². The summed E-state index contributed by atoms with van der Waals surface area (Å²) in [6, 6.07) is 6.83. The Morgan fingerprint density at radius 2 is 1.00 bits per heavy atom. The summed E-state index contributed by atoms with van der Waals surface area (Å²) in [4.78, 5) is 23.5. The van der Waals surface area contributed by atoms with Crippen molar-refractivity contribution >= 4 is 69.6 Å². The van der Waals surface area contributed by atoms with Gasteiger partial charge in [-0.15, -0.1) is 0 Å². The quantitative estimate of drug-likeness (QED) is 0.507. The highest BCUT2D eigenvalue weighted by Gasteiger charge is 2.67. The highest BCUT2D eigenvalue weighted by Crippen LogP contribution is 2.38. The molecule has 2 rings (SSSR count). The zero-order chi connectivity index (χ0) is 21.3. The van der Waals surface area contributed by atoms with Crippen LogP contribution in [0, 0.1) is 0 Å². The molecule has 0 atom stereocenters. The van der Waals surface area contributed by atoms with Gasteiger partial charge in [0, 0.05) is 10.0 Å². The van der Waals surface area contributed by atoms with Crippen LogP contribution in [0.5, 0.6) is 0 Å². The lowest BCUT2D eigenvalue weighted by molar-refractivity contribution is -0.204. The number of nitrogens with one attached hydrogen (secondary N) is 2. The smallest absolute Gasteiger partial charge is 0.319 e. The summed E-state index contributed by atoms with van der Waals surface area (Å²) in [5.74, 6) is -15.8. The molecule has 0 bridgehead atoms. The molecule has 150 valence electrons. The van der Waals surface area contributed by atoms with Crippen LogP contribution in [0.15, 0.2) is 36.4 Å². The molecule has 0 fully saturated rings. The normalized spacial score (nSPS) is 11.9. The minimum atomic E-state index is -5.44. The maximum atomic E-state index is 14.1. The molecule has 0 heterocycles. The first-order valence-electron chi connectivity index (χ1n) is 7.15. The predicted octanol–water partition coefficient (Wildman–Crippen LogP) is 6.15. The second-order valence-corrected chi connectivity index (χ2v) is 6.99. The van der Waals surface area contributed by atoms with Crippen molar-refractivity contribution in [3.63, 3.8) is 0 Å². The number of hydrogen-bond donors (Lipinski definition) is 2. The number of carbonyl (C=O) groups excluding carboxylic acids is 2. The number of amides is 2. The molecule has 2 aromatic rings. The zero-order valence-electron chi connectivity index (χ0n) is 13.3. The van der Waals surface area contributed by atoms with Crippen molar-refractivity contribution in [1.29, 1.82) is 0 Å². The third-order valence-corrected chi connectivity index (χ3v) is 4.45. The van der Waals surface area contributed by atoms with Gasteiger partial charge in [-0.05, 0) is 36.4 Å². The van der Waals surface area contributed by atoms with E-state index in [0.29, 0.717) is 0 Å². The molecule has 4 nitrogen and oxygen atoms in total. The van der Waals surface area contributed by atoms with E-state index < -0.39 is 35.0 Å². The predicted molar refractivity (Wildman–Crippen MR) is 100 cm³/mol. The van der Waals surface area contributed by atoms with Crippen LogP contribution in [0.1, 0.15) is 0 Å². The van der Waals surface area contributed by atoms with Gasteiger partial charge in [-0.1, -0.05) is 46.4 Å². The van der Waals surface area contributed by atoms with Crippen LogP contribution in [0.4, 0.5) is 28.9 Å². The van der Waals surface area contributed by atoms with Crippen LogP contribution in [-0.2, 0) is 9.59 Å². The molecule has 2 N–H and O–H groups in total. The van der Waals surface area contributed by atoms with E-state index in [4.69, 9.17) is 46.4 Å². The maximum Gasteiger partial charge on any atom is 0.396 e. The molecule has 0 spiro atoms. The molecule has 2 amide bonds. The van der Waals surface area contributed by atoms with E-state index in [0.717, 1.165) is 24.3 Å². The minimum Gasteiger partial charge on any atom is -0.319 e. The average Bonchev–Trinajstić information content (AvgIpc) is 2.60. The molecule has 2 aromatic carbocycles. The molecule has 0 unspecified atom stereocenters. The molecular weight excluding hydrogens is 470 g/mol. The number of carbonyl (C=O) groups is 2. The molecular formula is C16H8Cl4F4N2O2. The number of halogens is 8. The topological polar surface area (TPSA) is 58.2 Å². The van der Waals surface area contributed by atoms with E-state index in [1.807, 2.05) is 0 Å². The third-order valence-electron chi connectivity index (χ3n) is 3.32. The number of hydrogen-bond acceptors (Lipinski definition) is 2. The number of anilines is 2. The maximum absolute atomic E-state index is 14.1. The van der Waals surface area contributed by atoms with Gasteiger partial charge in [-0.3, -0.25) is 9.59 Å². The SMILES string of the molecule is O=C(Nc1cc(Cl)ccc1Cl)C(F)(F)C(F)(F)C(=O)Nc1cc(Cl)ccc1Cl. The van der Waals surface area contributed by atoms with Gasteiger partial charge in [0.2, 0.25) is 0 Å². The average molecular weight is 478 g/mol. The number of alkyl halides is 4. The van der Waals surface area contributed by atoms with Crippen molar-refractivity contribution < 1.29 is 27.2 Å². The summed E-state index contributed by atoms with van der Waals surface area (Å²) < 4.78 is 56.4. The fraction of sp³-hybridized carbons (Fsp3) is 0.125. The lowest BCUT2D eigenvalue weighted by Crippen LogP contribution is -2.56. The monoisotopic (exact) mass is 476 g/mol. The Kier molecular flexibility index (Phi) is 6.70. The Labute approximate surface area is 175 Å². The largest absolute Gasteiger partial charge is 0.396 e. The van der Waals surface area contributed by atoms with Crippen molar-refractivity contribution in [3.05, 3.63) is 56.5 Å². The highest BCUT2D eigenvalue weighted by atomic mass is 35.5. The second kappa shape index (κ2) is 8.32. The van der Waals surface area contributed by atoms with E-state index in [2.05, 4.69) is 0 Å². The first-order valence-corrected chi connectivity index (χ1v) is 8.66. The van der Waals surface area contributed by atoms with Gasteiger partial charge >= 0.3 is 23.7 Å². The minimum absolute atomic E-state index is 0.00289. The highest BCUT2D eigenvalue weighted by molar-refractivity contribution is 6.36. The van der Waals surface area contributed by atoms with E-state index >= 15 is 0 Å².